The van der Waals surface area contributed by atoms with Crippen LogP contribution in [0.3, 0.4) is 0 Å². The van der Waals surface area contributed by atoms with E-state index in [1.54, 1.807) is 42.5 Å². The highest BCUT2D eigenvalue weighted by Crippen LogP contribution is 2.31. The van der Waals surface area contributed by atoms with E-state index in [9.17, 15) is 24.7 Å². The van der Waals surface area contributed by atoms with Crippen molar-refractivity contribution in [3.63, 3.8) is 0 Å². The molecular weight excluding hydrogens is 372 g/mol. The molecule has 2 aromatic carbocycles. The summed E-state index contributed by atoms with van der Waals surface area (Å²) in [6.45, 7) is 0. The third-order valence-corrected chi connectivity index (χ3v) is 4.65. The lowest BCUT2D eigenvalue weighted by Gasteiger charge is -2.29. The second-order valence-electron chi connectivity index (χ2n) is 6.17. The van der Waals surface area contributed by atoms with Gasteiger partial charge in [0.15, 0.2) is 0 Å². The Kier molecular flexibility index (Phi) is 5.55. The van der Waals surface area contributed by atoms with Gasteiger partial charge in [0.05, 0.1) is 24.6 Å². The van der Waals surface area contributed by atoms with Gasteiger partial charge in [-0.15, -0.1) is 0 Å². The molecule has 2 amide bonds. The zero-order valence-corrected chi connectivity index (χ0v) is 14.9. The number of carboxylic acid groups (broad SMARTS) is 1. The fraction of sp³-hybridized carbons (Fsp3) is 0.211. The zero-order chi connectivity index (χ0) is 19.6. The average Bonchev–Trinajstić information content (AvgIpc) is 2.95. The van der Waals surface area contributed by atoms with E-state index in [1.807, 2.05) is 0 Å². The van der Waals surface area contributed by atoms with Gasteiger partial charge < -0.3 is 10.3 Å². The minimum absolute atomic E-state index is 0.249. The summed E-state index contributed by atoms with van der Waals surface area (Å²) in [6.07, 6.45) is -0.666. The Morgan fingerprint density at radius 1 is 1.15 bits per heavy atom. The molecule has 0 aromatic heterocycles. The molecule has 0 radical (unpaired) electrons. The maximum absolute atomic E-state index is 12.8. The minimum atomic E-state index is -1.17. The van der Waals surface area contributed by atoms with Crippen LogP contribution in [-0.2, 0) is 14.4 Å². The Balaban J connectivity index is 1.87. The molecule has 140 valence electrons. The number of carboxylic acids is 1. The topological polar surface area (TPSA) is 98.2 Å². The highest BCUT2D eigenvalue weighted by Gasteiger charge is 2.45. The molecule has 0 saturated carbocycles. The smallest absolute Gasteiger partial charge is 0.305 e. The van der Waals surface area contributed by atoms with Gasteiger partial charge in [-0.2, -0.15) is 5.06 Å². The van der Waals surface area contributed by atoms with Crippen molar-refractivity contribution in [1.29, 1.82) is 0 Å². The lowest BCUT2D eigenvalue weighted by Crippen LogP contribution is -2.42. The van der Waals surface area contributed by atoms with Crippen LogP contribution in [0.5, 0.6) is 0 Å². The van der Waals surface area contributed by atoms with E-state index in [2.05, 4.69) is 0 Å². The molecule has 8 heteroatoms. The number of aliphatic carboxylic acids is 1. The second kappa shape index (κ2) is 7.87. The van der Waals surface area contributed by atoms with E-state index in [1.165, 1.54) is 12.1 Å². The van der Waals surface area contributed by atoms with Crippen LogP contribution in [0, 0.1) is 0 Å². The predicted molar refractivity (Wildman–Crippen MR) is 97.4 cm³/mol. The number of hydrogen-bond donors (Lipinski definition) is 2. The van der Waals surface area contributed by atoms with E-state index < -0.39 is 36.3 Å². The van der Waals surface area contributed by atoms with Crippen molar-refractivity contribution in [2.45, 2.75) is 24.9 Å². The molecular formula is C19H17ClN2O5. The Morgan fingerprint density at radius 3 is 2.37 bits per heavy atom. The molecule has 1 heterocycles. The van der Waals surface area contributed by atoms with Crippen molar-refractivity contribution < 1.29 is 24.7 Å². The molecule has 0 aliphatic carbocycles. The molecule has 1 aliphatic rings. The number of nitrogens with zero attached hydrogens (tertiary/aromatic N) is 2. The Labute approximate surface area is 160 Å². The molecule has 2 aromatic rings. The molecule has 1 aliphatic heterocycles. The molecule has 0 bridgehead atoms. The van der Waals surface area contributed by atoms with Crippen LogP contribution in [0.1, 0.15) is 24.4 Å². The lowest BCUT2D eigenvalue weighted by atomic mass is 10.0. The molecule has 0 spiro atoms. The molecule has 2 atom stereocenters. The third kappa shape index (κ3) is 4.00. The van der Waals surface area contributed by atoms with Crippen molar-refractivity contribution in [2.75, 3.05) is 4.90 Å². The van der Waals surface area contributed by atoms with Gasteiger partial charge >= 0.3 is 5.97 Å². The summed E-state index contributed by atoms with van der Waals surface area (Å²) in [5, 5.41) is 21.0. The van der Waals surface area contributed by atoms with Crippen LogP contribution in [0.4, 0.5) is 5.69 Å². The summed E-state index contributed by atoms with van der Waals surface area (Å²) in [7, 11) is 0. The largest absolute Gasteiger partial charge is 0.481 e. The maximum atomic E-state index is 12.8. The van der Waals surface area contributed by atoms with Gasteiger partial charge in [0.2, 0.25) is 5.91 Å². The number of amides is 2. The summed E-state index contributed by atoms with van der Waals surface area (Å²) in [4.78, 5) is 37.4. The van der Waals surface area contributed by atoms with Crippen molar-refractivity contribution in [3.05, 3.63) is 65.2 Å². The maximum Gasteiger partial charge on any atom is 0.305 e. The number of hydrogen-bond acceptors (Lipinski definition) is 5. The average molecular weight is 389 g/mol. The SMILES string of the molecule is O=C(O)C[C@@H](c1ccccc1)N(O)[C@H]1CC(=O)N(c2ccc(Cl)cc2)C1=O. The van der Waals surface area contributed by atoms with Crippen LogP contribution in [0.15, 0.2) is 54.6 Å². The van der Waals surface area contributed by atoms with Crippen molar-refractivity contribution in [3.8, 4) is 0 Å². The zero-order valence-electron chi connectivity index (χ0n) is 14.2. The number of halogens is 1. The van der Waals surface area contributed by atoms with Gasteiger partial charge in [-0.05, 0) is 29.8 Å². The number of imide groups is 1. The molecule has 27 heavy (non-hydrogen) atoms. The monoisotopic (exact) mass is 388 g/mol. The van der Waals surface area contributed by atoms with Gasteiger partial charge in [-0.3, -0.25) is 14.4 Å². The fourth-order valence-electron chi connectivity index (χ4n) is 3.11. The second-order valence-corrected chi connectivity index (χ2v) is 6.60. The van der Waals surface area contributed by atoms with E-state index in [0.717, 1.165) is 4.90 Å². The normalized spacial score (nSPS) is 18.2. The number of hydroxylamine groups is 2. The first-order valence-corrected chi connectivity index (χ1v) is 8.62. The molecule has 7 nitrogen and oxygen atoms in total. The van der Waals surface area contributed by atoms with Crippen LogP contribution >= 0.6 is 11.6 Å². The number of rotatable bonds is 6. The molecule has 0 unspecified atom stereocenters. The van der Waals surface area contributed by atoms with Crippen LogP contribution < -0.4 is 4.90 Å². The summed E-state index contributed by atoms with van der Waals surface area (Å²) in [6, 6.07) is 12.5. The van der Waals surface area contributed by atoms with Gasteiger partial charge in [0.1, 0.15) is 6.04 Å². The van der Waals surface area contributed by atoms with Crippen LogP contribution in [-0.4, -0.2) is 39.2 Å². The summed E-state index contributed by atoms with van der Waals surface area (Å²) in [5.74, 6) is -2.22. The predicted octanol–water partition coefficient (Wildman–Crippen LogP) is 2.88. The van der Waals surface area contributed by atoms with Gasteiger partial charge in [0, 0.05) is 5.02 Å². The van der Waals surface area contributed by atoms with Crippen LogP contribution in [0.25, 0.3) is 0 Å². The fourth-order valence-corrected chi connectivity index (χ4v) is 3.23. The first kappa shape index (κ1) is 19.0. The summed E-state index contributed by atoms with van der Waals surface area (Å²) >= 11 is 5.84. The first-order chi connectivity index (χ1) is 12.9. The number of carbonyl (C=O) groups is 3. The highest BCUT2D eigenvalue weighted by molar-refractivity contribution is 6.30. The van der Waals surface area contributed by atoms with E-state index in [4.69, 9.17) is 11.6 Å². The van der Waals surface area contributed by atoms with Gasteiger partial charge in [-0.25, -0.2) is 4.90 Å². The van der Waals surface area contributed by atoms with Crippen molar-refractivity contribution in [2.24, 2.45) is 0 Å². The molecule has 2 N–H and O–H groups in total. The van der Waals surface area contributed by atoms with Gasteiger partial charge in [-0.1, -0.05) is 41.9 Å². The number of benzene rings is 2. The first-order valence-electron chi connectivity index (χ1n) is 8.25. The third-order valence-electron chi connectivity index (χ3n) is 4.40. The number of carbonyl (C=O) groups excluding carboxylic acids is 2. The Bertz CT molecular complexity index is 856. The lowest BCUT2D eigenvalue weighted by molar-refractivity contribution is -0.176. The highest BCUT2D eigenvalue weighted by atomic mass is 35.5. The van der Waals surface area contributed by atoms with Gasteiger partial charge in [0.25, 0.3) is 5.91 Å². The Hall–Kier alpha value is -2.74. The van der Waals surface area contributed by atoms with Crippen molar-refractivity contribution in [1.82, 2.24) is 5.06 Å². The van der Waals surface area contributed by atoms with Crippen molar-refractivity contribution >= 4 is 35.1 Å². The minimum Gasteiger partial charge on any atom is -0.481 e. The quantitative estimate of drug-likeness (QED) is 0.583. The molecule has 1 saturated heterocycles. The van der Waals surface area contributed by atoms with E-state index in [-0.39, 0.29) is 6.42 Å². The molecule has 3 rings (SSSR count). The number of anilines is 1. The summed E-state index contributed by atoms with van der Waals surface area (Å²) < 4.78 is 0. The Morgan fingerprint density at radius 2 is 1.78 bits per heavy atom. The van der Waals surface area contributed by atoms with Crippen LogP contribution in [0.2, 0.25) is 5.02 Å². The van der Waals surface area contributed by atoms with E-state index in [0.29, 0.717) is 21.3 Å². The summed E-state index contributed by atoms with van der Waals surface area (Å²) in [5.41, 5.74) is 0.882. The molecule has 1 fully saturated rings. The standard InChI is InChI=1S/C19H17ClN2O5/c20-13-6-8-14(9-7-13)21-17(23)10-16(19(21)26)22(27)15(11-18(24)25)12-4-2-1-3-5-12/h1-9,15-16,27H,10-11H2,(H,24,25)/t15-,16-/m0/s1. The van der Waals surface area contributed by atoms with E-state index >= 15 is 0 Å².